The lowest BCUT2D eigenvalue weighted by molar-refractivity contribution is 0.148. The van der Waals surface area contributed by atoms with E-state index in [1.807, 2.05) is 29.8 Å². The molecule has 1 aliphatic rings. The number of fused-ring (bicyclic) bond motifs is 3. The quantitative estimate of drug-likeness (QED) is 0.406. The molecule has 7 heteroatoms. The molecule has 5 aromatic rings. The predicted octanol–water partition coefficient (Wildman–Crippen LogP) is 3.69. The van der Waals surface area contributed by atoms with Crippen LogP contribution in [0.3, 0.4) is 0 Å². The molecule has 1 fully saturated rings. The molecule has 0 atom stereocenters. The first-order chi connectivity index (χ1) is 17.1. The van der Waals surface area contributed by atoms with Crippen LogP contribution in [0.5, 0.6) is 0 Å². The fourth-order valence-electron chi connectivity index (χ4n) is 4.98. The van der Waals surface area contributed by atoms with Crippen molar-refractivity contribution in [2.24, 2.45) is 7.05 Å². The molecule has 0 N–H and O–H groups in total. The van der Waals surface area contributed by atoms with Gasteiger partial charge in [-0.25, -0.2) is 4.79 Å². The molecule has 0 bridgehead atoms. The van der Waals surface area contributed by atoms with Gasteiger partial charge in [0.1, 0.15) is 0 Å². The van der Waals surface area contributed by atoms with Gasteiger partial charge in [0.25, 0.3) is 0 Å². The lowest BCUT2D eigenvalue weighted by atomic mass is 10.0. The summed E-state index contributed by atoms with van der Waals surface area (Å²) in [4.78, 5) is 27.0. The Balaban J connectivity index is 1.44. The zero-order valence-corrected chi connectivity index (χ0v) is 20.1. The van der Waals surface area contributed by atoms with E-state index in [-0.39, 0.29) is 5.69 Å². The lowest BCUT2D eigenvalue weighted by Gasteiger charge is -2.32. The van der Waals surface area contributed by atoms with Crippen molar-refractivity contribution < 1.29 is 0 Å². The molecule has 0 radical (unpaired) electrons. The number of piperazine rings is 1. The smallest absolute Gasteiger partial charge is 0.304 e. The summed E-state index contributed by atoms with van der Waals surface area (Å²) in [6.07, 6.45) is 5.38. The minimum atomic E-state index is -0.0737. The van der Waals surface area contributed by atoms with Crippen LogP contribution in [-0.4, -0.2) is 62.1 Å². The number of aromatic nitrogens is 4. The van der Waals surface area contributed by atoms with Gasteiger partial charge in [-0.3, -0.25) is 24.0 Å². The highest BCUT2D eigenvalue weighted by molar-refractivity contribution is 6.04. The number of hydrogen-bond donors (Lipinski definition) is 0. The van der Waals surface area contributed by atoms with Crippen molar-refractivity contribution in [3.63, 3.8) is 0 Å². The average Bonchev–Trinajstić information content (AvgIpc) is 3.16. The topological polar surface area (TPSA) is 59.2 Å². The molecule has 2 aromatic carbocycles. The number of rotatable bonds is 4. The second-order valence-electron chi connectivity index (χ2n) is 9.38. The minimum Gasteiger partial charge on any atom is -0.304 e. The van der Waals surface area contributed by atoms with E-state index >= 15 is 0 Å². The summed E-state index contributed by atoms with van der Waals surface area (Å²) in [6.45, 7) is 5.30. The van der Waals surface area contributed by atoms with Crippen molar-refractivity contribution in [2.75, 3.05) is 33.2 Å². The maximum atomic E-state index is 13.4. The van der Waals surface area contributed by atoms with Gasteiger partial charge in [-0.2, -0.15) is 0 Å². The fourth-order valence-corrected chi connectivity index (χ4v) is 4.98. The summed E-state index contributed by atoms with van der Waals surface area (Å²) in [5.41, 5.74) is 6.76. The first-order valence-corrected chi connectivity index (χ1v) is 12.0. The Morgan fingerprint density at radius 2 is 1.60 bits per heavy atom. The molecule has 4 heterocycles. The second-order valence-corrected chi connectivity index (χ2v) is 9.38. The van der Waals surface area contributed by atoms with Crippen LogP contribution in [0.2, 0.25) is 0 Å². The van der Waals surface area contributed by atoms with Crippen molar-refractivity contribution in [1.82, 2.24) is 28.9 Å². The molecule has 0 amide bonds. The van der Waals surface area contributed by atoms with E-state index in [9.17, 15) is 4.79 Å². The molecule has 176 valence electrons. The molecule has 0 unspecified atom stereocenters. The number of imidazole rings is 1. The molecule has 0 aliphatic carbocycles. The van der Waals surface area contributed by atoms with Crippen LogP contribution in [0, 0.1) is 0 Å². The molecule has 6 rings (SSSR count). The van der Waals surface area contributed by atoms with E-state index in [4.69, 9.17) is 0 Å². The number of nitrogens with zero attached hydrogens (tertiary/aromatic N) is 6. The first kappa shape index (κ1) is 21.7. The van der Waals surface area contributed by atoms with Crippen molar-refractivity contribution >= 4 is 21.9 Å². The van der Waals surface area contributed by atoms with Gasteiger partial charge in [0.05, 0.1) is 28.4 Å². The summed E-state index contributed by atoms with van der Waals surface area (Å²) < 4.78 is 3.49. The van der Waals surface area contributed by atoms with Crippen LogP contribution in [0.4, 0.5) is 0 Å². The van der Waals surface area contributed by atoms with E-state index in [1.165, 1.54) is 5.56 Å². The molecule has 1 aliphatic heterocycles. The summed E-state index contributed by atoms with van der Waals surface area (Å²) in [5.74, 6) is 0. The maximum Gasteiger partial charge on any atom is 0.333 e. The maximum absolute atomic E-state index is 13.4. The summed E-state index contributed by atoms with van der Waals surface area (Å²) in [5, 5.41) is 0.955. The number of likely N-dealkylation sites (N-methyl/N-ethyl adjacent to an activating group) is 1. The molecule has 7 nitrogen and oxygen atoms in total. The van der Waals surface area contributed by atoms with Crippen LogP contribution in [0.1, 0.15) is 5.56 Å². The van der Waals surface area contributed by atoms with E-state index in [0.717, 1.165) is 71.5 Å². The van der Waals surface area contributed by atoms with Gasteiger partial charge < -0.3 is 4.90 Å². The summed E-state index contributed by atoms with van der Waals surface area (Å²) >= 11 is 0. The molecule has 3 aromatic heterocycles. The third-order valence-corrected chi connectivity index (χ3v) is 7.09. The number of pyridine rings is 2. The highest BCUT2D eigenvalue weighted by Gasteiger charge is 2.18. The standard InChI is InChI=1S/C28H28N6O/c1-31-13-15-33(16-14-31)19-20-3-6-23(7-4-20)34-27-24-17-22(21-9-11-29-12-10-21)5-8-25(24)30-18-26(27)32(2)28(34)35/h3-12,17-18H,13-16,19H2,1-2H3. The normalized spacial score (nSPS) is 15.3. The van der Waals surface area contributed by atoms with Gasteiger partial charge in [0.15, 0.2) is 0 Å². The number of aryl methyl sites for hydroxylation is 1. The van der Waals surface area contributed by atoms with Crippen molar-refractivity contribution in [1.29, 1.82) is 0 Å². The van der Waals surface area contributed by atoms with Gasteiger partial charge >= 0.3 is 5.69 Å². The number of benzene rings is 2. The van der Waals surface area contributed by atoms with Crippen molar-refractivity contribution in [3.05, 3.63) is 89.2 Å². The Morgan fingerprint density at radius 3 is 2.34 bits per heavy atom. The van der Waals surface area contributed by atoms with Crippen molar-refractivity contribution in [2.45, 2.75) is 6.54 Å². The zero-order valence-electron chi connectivity index (χ0n) is 20.1. The third kappa shape index (κ3) is 3.92. The lowest BCUT2D eigenvalue weighted by Crippen LogP contribution is -2.43. The Morgan fingerprint density at radius 1 is 0.857 bits per heavy atom. The first-order valence-electron chi connectivity index (χ1n) is 12.0. The van der Waals surface area contributed by atoms with E-state index in [1.54, 1.807) is 23.2 Å². The Labute approximate surface area is 203 Å². The fraction of sp³-hybridized carbons (Fsp3) is 0.250. The van der Waals surface area contributed by atoms with Gasteiger partial charge in [-0.05, 0) is 60.1 Å². The largest absolute Gasteiger partial charge is 0.333 e. The highest BCUT2D eigenvalue weighted by Crippen LogP contribution is 2.29. The van der Waals surface area contributed by atoms with Gasteiger partial charge in [0.2, 0.25) is 0 Å². The van der Waals surface area contributed by atoms with E-state index in [0.29, 0.717) is 0 Å². The Hall–Kier alpha value is -3.81. The molecular weight excluding hydrogens is 436 g/mol. The van der Waals surface area contributed by atoms with E-state index < -0.39 is 0 Å². The average molecular weight is 465 g/mol. The van der Waals surface area contributed by atoms with Crippen LogP contribution in [-0.2, 0) is 13.6 Å². The molecule has 1 saturated heterocycles. The van der Waals surface area contributed by atoms with E-state index in [2.05, 4.69) is 63.2 Å². The van der Waals surface area contributed by atoms with Crippen molar-refractivity contribution in [3.8, 4) is 16.8 Å². The van der Waals surface area contributed by atoms with Crippen LogP contribution in [0.25, 0.3) is 38.8 Å². The molecular formula is C28H28N6O. The highest BCUT2D eigenvalue weighted by atomic mass is 16.1. The predicted molar refractivity (Wildman–Crippen MR) is 140 cm³/mol. The number of hydrogen-bond acceptors (Lipinski definition) is 5. The molecule has 35 heavy (non-hydrogen) atoms. The zero-order chi connectivity index (χ0) is 23.9. The monoisotopic (exact) mass is 464 g/mol. The molecule has 0 spiro atoms. The van der Waals surface area contributed by atoms with Crippen LogP contribution < -0.4 is 5.69 Å². The third-order valence-electron chi connectivity index (χ3n) is 7.09. The van der Waals surface area contributed by atoms with Gasteiger partial charge in [0, 0.05) is 57.6 Å². The SMILES string of the molecule is CN1CCN(Cc2ccc(-n3c(=O)n(C)c4cnc5ccc(-c6ccncc6)cc5c43)cc2)CC1. The summed E-state index contributed by atoms with van der Waals surface area (Å²) in [6, 6.07) is 18.6. The Bertz CT molecular complexity index is 1560. The minimum absolute atomic E-state index is 0.0737. The van der Waals surface area contributed by atoms with Crippen LogP contribution in [0.15, 0.2) is 78.0 Å². The van der Waals surface area contributed by atoms with Gasteiger partial charge in [-0.15, -0.1) is 0 Å². The Kier molecular flexibility index (Phi) is 5.43. The second kappa shape index (κ2) is 8.76. The van der Waals surface area contributed by atoms with Gasteiger partial charge in [-0.1, -0.05) is 18.2 Å². The molecule has 0 saturated carbocycles. The summed E-state index contributed by atoms with van der Waals surface area (Å²) in [7, 11) is 3.98. The van der Waals surface area contributed by atoms with Crippen LogP contribution >= 0.6 is 0 Å².